The third kappa shape index (κ3) is 13.7. The molecule has 13 heteroatoms. The van der Waals surface area contributed by atoms with E-state index in [2.05, 4.69) is 10.1 Å². The molecule has 1 aromatic heterocycles. The Balaban J connectivity index is 0.000000697. The maximum absolute atomic E-state index is 10.7. The Hall–Kier alpha value is -2.41. The van der Waals surface area contributed by atoms with E-state index in [1.165, 1.54) is 0 Å². The Kier molecular flexibility index (Phi) is 6.53. The molecule has 0 aliphatic heterocycles. The van der Waals surface area contributed by atoms with Crippen molar-refractivity contribution in [1.29, 1.82) is 5.26 Å². The minimum absolute atomic E-state index is 0.136. The van der Waals surface area contributed by atoms with Crippen molar-refractivity contribution in [3.05, 3.63) is 30.1 Å². The van der Waals surface area contributed by atoms with E-state index in [-0.39, 0.29) is 5.71 Å². The van der Waals surface area contributed by atoms with Gasteiger partial charge in [-0.3, -0.25) is 9.82 Å². The molecule has 0 atom stereocenters. The summed E-state index contributed by atoms with van der Waals surface area (Å²) in [7, 11) is -3.33. The van der Waals surface area contributed by atoms with E-state index in [0.717, 1.165) is 0 Å². The summed E-state index contributed by atoms with van der Waals surface area (Å²) in [5, 5.41) is 12.9. The number of halogens is 6. The summed E-state index contributed by atoms with van der Waals surface area (Å²) in [5.74, 6) is 0. The van der Waals surface area contributed by atoms with Gasteiger partial charge in [0.1, 0.15) is 11.8 Å². The fraction of sp³-hybridized carbons (Fsp3) is 0.333. The molecule has 0 unspecified atom stereocenters. The summed E-state index contributed by atoms with van der Waals surface area (Å²) in [5.41, 5.74) is 0.619. The molecular weight excluding hydrogens is 375 g/mol. The van der Waals surface area contributed by atoms with Gasteiger partial charge in [-0.15, -0.1) is 0 Å². The van der Waals surface area contributed by atoms with Crippen LogP contribution < -0.4 is 0 Å². The Morgan fingerprint density at radius 2 is 1.72 bits per heavy atom. The van der Waals surface area contributed by atoms with Gasteiger partial charge in [-0.25, -0.2) is 9.48 Å². The Bertz CT molecular complexity index is 679. The molecule has 1 heterocycles. The van der Waals surface area contributed by atoms with Crippen LogP contribution in [0.2, 0.25) is 0 Å². The van der Waals surface area contributed by atoms with Gasteiger partial charge in [-0.2, -0.15) is 5.26 Å². The molecule has 0 spiro atoms. The molecule has 0 saturated carbocycles. The van der Waals surface area contributed by atoms with Crippen molar-refractivity contribution in [2.24, 2.45) is 5.16 Å². The molecule has 1 aromatic rings. The van der Waals surface area contributed by atoms with Crippen LogP contribution in [-0.2, 0) is 4.84 Å². The van der Waals surface area contributed by atoms with Crippen molar-refractivity contribution in [1.82, 2.24) is 9.88 Å². The summed E-state index contributed by atoms with van der Waals surface area (Å²) in [6.07, 6.45) is 1.60. The molecule has 0 aromatic carbocycles. The van der Waals surface area contributed by atoms with Gasteiger partial charge in [0.25, 0.3) is 0 Å². The van der Waals surface area contributed by atoms with Crippen molar-refractivity contribution in [3.63, 3.8) is 0 Å². The third-order valence-electron chi connectivity index (χ3n) is 2.00. The zero-order valence-corrected chi connectivity index (χ0v) is 14.6. The van der Waals surface area contributed by atoms with Crippen LogP contribution in [0.3, 0.4) is 0 Å². The van der Waals surface area contributed by atoms with Gasteiger partial charge in [0, 0.05) is 6.20 Å². The molecule has 0 amide bonds. The molecule has 0 bridgehead atoms. The molecule has 0 N–H and O–H groups in total. The number of pyridine rings is 1. The van der Waals surface area contributed by atoms with Gasteiger partial charge in [0.05, 0.1) is 28.2 Å². The number of rotatable bonds is 2. The number of nitrogens with zero attached hydrogens (tertiary/aromatic N) is 5. The van der Waals surface area contributed by atoms with Gasteiger partial charge >= 0.3 is 39.0 Å². The van der Waals surface area contributed by atoms with E-state index in [1.54, 1.807) is 33.9 Å². The number of nitriles is 1. The van der Waals surface area contributed by atoms with Crippen LogP contribution in [0.5, 0.6) is 0 Å². The SMILES string of the molecule is CN(C)C(ON=C(C#N)c1ccccn1)=[N+](C)C.F[P-](F)(F)(F)(F)F. The number of amidine groups is 1. The third-order valence-corrected chi connectivity index (χ3v) is 2.00. The summed E-state index contributed by atoms with van der Waals surface area (Å²) < 4.78 is 61.0. The predicted octanol–water partition coefficient (Wildman–Crippen LogP) is 3.90. The maximum atomic E-state index is 9.87. The van der Waals surface area contributed by atoms with Gasteiger partial charge in [0.15, 0.2) is 0 Å². The number of hydrogen-bond donors (Lipinski definition) is 0. The van der Waals surface area contributed by atoms with E-state index >= 15 is 0 Å². The topological polar surface area (TPSA) is 64.5 Å². The Labute approximate surface area is 139 Å². The monoisotopic (exact) mass is 391 g/mol. The molecule has 0 fully saturated rings. The second kappa shape index (κ2) is 7.23. The zero-order chi connectivity index (χ0) is 20.0. The van der Waals surface area contributed by atoms with Crippen LogP contribution in [0.4, 0.5) is 25.2 Å². The van der Waals surface area contributed by atoms with Crippen molar-refractivity contribution < 1.29 is 34.6 Å². The van der Waals surface area contributed by atoms with Crippen LogP contribution >= 0.6 is 7.81 Å². The molecule has 6 nitrogen and oxygen atoms in total. The van der Waals surface area contributed by atoms with E-state index in [1.807, 2.05) is 34.3 Å². The van der Waals surface area contributed by atoms with E-state index in [9.17, 15) is 25.2 Å². The number of oxime groups is 1. The average Bonchev–Trinajstić information content (AvgIpc) is 2.40. The van der Waals surface area contributed by atoms with Crippen LogP contribution in [0.15, 0.2) is 29.6 Å². The Morgan fingerprint density at radius 1 is 1.20 bits per heavy atom. The first-order valence-electron chi connectivity index (χ1n) is 6.35. The first kappa shape index (κ1) is 22.6. The van der Waals surface area contributed by atoms with Crippen LogP contribution in [0.1, 0.15) is 5.69 Å². The Morgan fingerprint density at radius 3 is 2.04 bits per heavy atom. The summed E-state index contributed by atoms with van der Waals surface area (Å²) in [6, 6.07) is 7.76. The van der Waals surface area contributed by atoms with Gasteiger partial charge in [-0.05, 0) is 12.1 Å². The molecule has 0 saturated heterocycles. The molecule has 0 aliphatic rings. The molecule has 25 heavy (non-hydrogen) atoms. The average molecular weight is 391 g/mol. The second-order valence-corrected chi connectivity index (χ2v) is 6.80. The molecule has 0 radical (unpaired) electrons. The van der Waals surface area contributed by atoms with E-state index in [0.29, 0.717) is 11.7 Å². The first-order valence-corrected chi connectivity index (χ1v) is 8.38. The van der Waals surface area contributed by atoms with Crippen LogP contribution in [0, 0.1) is 11.3 Å². The minimum atomic E-state index is -10.7. The number of hydrogen-bond acceptors (Lipinski definition) is 4. The molecule has 142 valence electrons. The quantitative estimate of drug-likeness (QED) is 0.192. The second-order valence-electron chi connectivity index (χ2n) is 4.89. The summed E-state index contributed by atoms with van der Waals surface area (Å²) in [6.45, 7) is 0. The van der Waals surface area contributed by atoms with Gasteiger partial charge < -0.3 is 0 Å². The molecular formula is C12H16F6N5OP. The fourth-order valence-corrected chi connectivity index (χ4v) is 1.28. The van der Waals surface area contributed by atoms with Gasteiger partial charge in [0.2, 0.25) is 5.71 Å². The van der Waals surface area contributed by atoms with Crippen molar-refractivity contribution in [2.45, 2.75) is 0 Å². The van der Waals surface area contributed by atoms with Crippen molar-refractivity contribution in [2.75, 3.05) is 28.2 Å². The van der Waals surface area contributed by atoms with Crippen molar-refractivity contribution >= 4 is 19.5 Å². The predicted molar refractivity (Wildman–Crippen MR) is 81.8 cm³/mol. The molecule has 0 aliphatic carbocycles. The number of aromatic nitrogens is 1. The molecule has 1 rings (SSSR count). The standard InChI is InChI=1S/C12H16N5O.F6P/c1-16(2)12(17(3)4)18-15-11(9-13)10-7-5-6-8-14-10;1-7(2,3,4,5)6/h5-8H,1-4H3;/q+1;-1. The zero-order valence-electron chi connectivity index (χ0n) is 13.7. The van der Waals surface area contributed by atoms with E-state index < -0.39 is 7.81 Å². The van der Waals surface area contributed by atoms with Crippen LogP contribution in [-0.4, -0.2) is 54.4 Å². The summed E-state index contributed by atoms with van der Waals surface area (Å²) in [4.78, 5) is 11.1. The summed E-state index contributed by atoms with van der Waals surface area (Å²) >= 11 is 0. The van der Waals surface area contributed by atoms with Crippen LogP contribution in [0.25, 0.3) is 0 Å². The fourth-order valence-electron chi connectivity index (χ4n) is 1.28. The van der Waals surface area contributed by atoms with Crippen molar-refractivity contribution in [3.8, 4) is 6.07 Å². The van der Waals surface area contributed by atoms with Gasteiger partial charge in [-0.1, -0.05) is 11.2 Å². The van der Waals surface area contributed by atoms with E-state index in [4.69, 9.17) is 10.1 Å². The first-order chi connectivity index (χ1) is 11.0. The normalized spacial score (nSPS) is 14.0.